The molecule has 0 amide bonds. The zero-order chi connectivity index (χ0) is 21.2. The van der Waals surface area contributed by atoms with Crippen molar-refractivity contribution >= 4 is 50.2 Å². The summed E-state index contributed by atoms with van der Waals surface area (Å²) in [6, 6.07) is 7.20. The smallest absolute Gasteiger partial charge is 0.163 e. The lowest BCUT2D eigenvalue weighted by Crippen LogP contribution is -2.29. The van der Waals surface area contributed by atoms with Gasteiger partial charge in [-0.1, -0.05) is 35.3 Å². The number of nitrogens with zero attached hydrogens (tertiary/aromatic N) is 3. The molecule has 0 spiro atoms. The van der Waals surface area contributed by atoms with Gasteiger partial charge in [0.1, 0.15) is 23.2 Å². The van der Waals surface area contributed by atoms with Crippen LogP contribution in [0.4, 0.5) is 0 Å². The molecule has 1 aromatic carbocycles. The van der Waals surface area contributed by atoms with Gasteiger partial charge < -0.3 is 19.1 Å². The molecular weight excluding hydrogens is 493 g/mol. The highest BCUT2D eigenvalue weighted by Gasteiger charge is 2.56. The van der Waals surface area contributed by atoms with Gasteiger partial charge in [-0.05, 0) is 53.9 Å². The fourth-order valence-electron chi connectivity index (χ4n) is 4.74. The maximum Gasteiger partial charge on any atom is 0.163 e. The van der Waals surface area contributed by atoms with E-state index in [0.29, 0.717) is 16.6 Å². The molecule has 5 atom stereocenters. The lowest BCUT2D eigenvalue weighted by Gasteiger charge is -2.26. The summed E-state index contributed by atoms with van der Waals surface area (Å²) in [5.41, 5.74) is 1.53. The van der Waals surface area contributed by atoms with Crippen LogP contribution in [0.25, 0.3) is 11.0 Å². The Morgan fingerprint density at radius 3 is 2.60 bits per heavy atom. The number of rotatable bonds is 3. The molecular formula is C21H20BrCl2N3O3. The van der Waals surface area contributed by atoms with Crippen LogP contribution in [0.2, 0.25) is 10.2 Å². The van der Waals surface area contributed by atoms with Crippen molar-refractivity contribution in [2.45, 2.75) is 50.4 Å². The van der Waals surface area contributed by atoms with Gasteiger partial charge in [0, 0.05) is 21.6 Å². The second-order valence-electron chi connectivity index (χ2n) is 8.28. The zero-order valence-electron chi connectivity index (χ0n) is 16.3. The third-order valence-electron chi connectivity index (χ3n) is 5.97. The van der Waals surface area contributed by atoms with Crippen LogP contribution in [0, 0.1) is 5.92 Å². The van der Waals surface area contributed by atoms with Crippen molar-refractivity contribution in [2.24, 2.45) is 5.92 Å². The number of benzene rings is 1. The molecule has 0 radical (unpaired) electrons. The number of halogens is 3. The average molecular weight is 513 g/mol. The molecule has 5 rings (SSSR count). The van der Waals surface area contributed by atoms with Gasteiger partial charge in [-0.15, -0.1) is 0 Å². The Labute approximate surface area is 192 Å². The average Bonchev–Trinajstić information content (AvgIpc) is 3.30. The number of ether oxygens (including phenoxy) is 2. The first-order valence-corrected chi connectivity index (χ1v) is 11.3. The van der Waals surface area contributed by atoms with Crippen molar-refractivity contribution in [3.05, 3.63) is 57.0 Å². The van der Waals surface area contributed by atoms with Crippen molar-refractivity contribution in [2.75, 3.05) is 0 Å². The molecule has 1 saturated heterocycles. The van der Waals surface area contributed by atoms with E-state index in [1.54, 1.807) is 12.1 Å². The summed E-state index contributed by atoms with van der Waals surface area (Å²) in [5, 5.41) is 13.0. The summed E-state index contributed by atoms with van der Waals surface area (Å²) in [6.45, 7) is 3.80. The molecule has 1 aliphatic heterocycles. The van der Waals surface area contributed by atoms with Gasteiger partial charge >= 0.3 is 0 Å². The van der Waals surface area contributed by atoms with Crippen molar-refractivity contribution < 1.29 is 14.6 Å². The Bertz CT molecular complexity index is 1100. The van der Waals surface area contributed by atoms with Crippen LogP contribution in [0.3, 0.4) is 0 Å². The van der Waals surface area contributed by atoms with Gasteiger partial charge in [0.15, 0.2) is 5.79 Å². The summed E-state index contributed by atoms with van der Waals surface area (Å²) in [5.74, 6) is -0.893. The Kier molecular flexibility index (Phi) is 5.12. The van der Waals surface area contributed by atoms with Crippen molar-refractivity contribution in [3.63, 3.8) is 0 Å². The normalized spacial score (nSPS) is 28.7. The lowest BCUT2D eigenvalue weighted by molar-refractivity contribution is -0.165. The number of hydrogen-bond donors (Lipinski definition) is 1. The van der Waals surface area contributed by atoms with Crippen LogP contribution >= 0.6 is 39.1 Å². The van der Waals surface area contributed by atoms with E-state index in [2.05, 4.69) is 30.5 Å². The van der Waals surface area contributed by atoms with Gasteiger partial charge in [0.2, 0.25) is 0 Å². The Morgan fingerprint density at radius 1 is 1.17 bits per heavy atom. The highest BCUT2D eigenvalue weighted by Crippen LogP contribution is 2.51. The molecule has 2 unspecified atom stereocenters. The maximum absolute atomic E-state index is 11.2. The van der Waals surface area contributed by atoms with Crippen LogP contribution in [-0.2, 0) is 9.47 Å². The van der Waals surface area contributed by atoms with E-state index in [-0.39, 0.29) is 24.2 Å². The first-order chi connectivity index (χ1) is 14.2. The SMILES string of the molecule is CC1(C)O[C@@H]2[C@@H](C(O)c3ccc(Cl)cc3)CC(n3cc(Br)c4c(Cl)ncnc43)[C@@H]2O1. The van der Waals surface area contributed by atoms with E-state index >= 15 is 0 Å². The van der Waals surface area contributed by atoms with Gasteiger partial charge in [-0.2, -0.15) is 0 Å². The minimum Gasteiger partial charge on any atom is -0.388 e. The summed E-state index contributed by atoms with van der Waals surface area (Å²) in [6.07, 6.45) is 2.87. The number of aliphatic hydroxyl groups is 1. The van der Waals surface area contributed by atoms with Crippen molar-refractivity contribution in [1.29, 1.82) is 0 Å². The maximum atomic E-state index is 11.2. The first kappa shape index (κ1) is 20.7. The fourth-order valence-corrected chi connectivity index (χ4v) is 5.79. The van der Waals surface area contributed by atoms with Gasteiger partial charge in [0.05, 0.1) is 23.6 Å². The molecule has 2 aliphatic rings. The van der Waals surface area contributed by atoms with Crippen molar-refractivity contribution in [1.82, 2.24) is 14.5 Å². The van der Waals surface area contributed by atoms with E-state index in [0.717, 1.165) is 21.1 Å². The molecule has 2 fully saturated rings. The summed E-state index contributed by atoms with van der Waals surface area (Å²) < 4.78 is 15.4. The molecule has 1 aliphatic carbocycles. The molecule has 6 nitrogen and oxygen atoms in total. The molecule has 9 heteroatoms. The Balaban J connectivity index is 1.56. The largest absolute Gasteiger partial charge is 0.388 e. The minimum absolute atomic E-state index is 0.0801. The number of aromatic nitrogens is 3. The molecule has 2 aromatic heterocycles. The fraction of sp³-hybridized carbons (Fsp3) is 0.429. The molecule has 3 aromatic rings. The summed E-state index contributed by atoms with van der Waals surface area (Å²) in [4.78, 5) is 8.55. The molecule has 1 saturated carbocycles. The van der Waals surface area contributed by atoms with Crippen LogP contribution in [0.5, 0.6) is 0 Å². The first-order valence-electron chi connectivity index (χ1n) is 9.71. The van der Waals surface area contributed by atoms with E-state index in [1.807, 2.05) is 32.2 Å². The molecule has 1 N–H and O–H groups in total. The molecule has 0 bridgehead atoms. The highest BCUT2D eigenvalue weighted by atomic mass is 79.9. The summed E-state index contributed by atoms with van der Waals surface area (Å²) in [7, 11) is 0. The standard InChI is InChI=1S/C21H20BrCl2N3O3/c1-21(2)29-17-12(16(28)10-3-5-11(23)6-4-10)7-14(18(17)30-21)27-8-13(22)15-19(24)25-9-26-20(15)27/h3-6,8-9,12,14,16-18,28H,7H2,1-2H3/t12-,14?,16?,17-,18+/m1/s1. The highest BCUT2D eigenvalue weighted by molar-refractivity contribution is 9.10. The quantitative estimate of drug-likeness (QED) is 0.481. The van der Waals surface area contributed by atoms with Crippen LogP contribution in [0.1, 0.15) is 38.0 Å². The Hall–Kier alpha value is -1.22. The van der Waals surface area contributed by atoms with E-state index < -0.39 is 11.9 Å². The second kappa shape index (κ2) is 7.43. The van der Waals surface area contributed by atoms with E-state index in [1.165, 1.54) is 6.33 Å². The number of aliphatic hydroxyl groups excluding tert-OH is 1. The van der Waals surface area contributed by atoms with Crippen LogP contribution < -0.4 is 0 Å². The third kappa shape index (κ3) is 3.36. The molecule has 158 valence electrons. The van der Waals surface area contributed by atoms with Gasteiger partial charge in [0.25, 0.3) is 0 Å². The van der Waals surface area contributed by atoms with Gasteiger partial charge in [-0.25, -0.2) is 9.97 Å². The molecule has 3 heterocycles. The number of fused-ring (bicyclic) bond motifs is 2. The van der Waals surface area contributed by atoms with E-state index in [9.17, 15) is 5.11 Å². The third-order valence-corrected chi connectivity index (χ3v) is 7.11. The van der Waals surface area contributed by atoms with Crippen LogP contribution in [-0.4, -0.2) is 37.6 Å². The monoisotopic (exact) mass is 511 g/mol. The topological polar surface area (TPSA) is 69.4 Å². The minimum atomic E-state index is -0.737. The predicted octanol–water partition coefficient (Wildman–Crippen LogP) is 5.32. The van der Waals surface area contributed by atoms with Crippen molar-refractivity contribution in [3.8, 4) is 0 Å². The van der Waals surface area contributed by atoms with E-state index in [4.69, 9.17) is 32.7 Å². The second-order valence-corrected chi connectivity index (χ2v) is 9.92. The lowest BCUT2D eigenvalue weighted by atomic mass is 9.92. The van der Waals surface area contributed by atoms with Gasteiger partial charge in [-0.3, -0.25) is 0 Å². The zero-order valence-corrected chi connectivity index (χ0v) is 19.4. The van der Waals surface area contributed by atoms with Crippen LogP contribution in [0.15, 0.2) is 41.3 Å². The summed E-state index contributed by atoms with van der Waals surface area (Å²) >= 11 is 15.9. The number of hydrogen-bond acceptors (Lipinski definition) is 5. The Morgan fingerprint density at radius 2 is 1.87 bits per heavy atom. The molecule has 30 heavy (non-hydrogen) atoms. The predicted molar refractivity (Wildman–Crippen MR) is 118 cm³/mol.